The summed E-state index contributed by atoms with van der Waals surface area (Å²) in [6, 6.07) is 24.2. The van der Waals surface area contributed by atoms with Crippen LogP contribution < -0.4 is 15.0 Å². The fourth-order valence-electron chi connectivity index (χ4n) is 3.32. The molecule has 6 heteroatoms. The first-order chi connectivity index (χ1) is 15.4. The summed E-state index contributed by atoms with van der Waals surface area (Å²) in [4.78, 5) is 27.0. The van der Waals surface area contributed by atoms with Crippen molar-refractivity contribution >= 4 is 40.9 Å². The van der Waals surface area contributed by atoms with E-state index in [4.69, 9.17) is 17.0 Å². The van der Waals surface area contributed by atoms with E-state index in [0.717, 1.165) is 5.56 Å². The van der Waals surface area contributed by atoms with Crippen molar-refractivity contribution in [3.05, 3.63) is 95.6 Å². The van der Waals surface area contributed by atoms with Crippen LogP contribution in [0, 0.1) is 0 Å². The van der Waals surface area contributed by atoms with Crippen molar-refractivity contribution in [2.45, 2.75) is 19.8 Å². The number of rotatable bonds is 5. The van der Waals surface area contributed by atoms with E-state index in [1.54, 1.807) is 30.3 Å². The number of nitrogens with zero attached hydrogens (tertiary/aromatic N) is 1. The highest BCUT2D eigenvalue weighted by atomic mass is 32.1. The zero-order valence-corrected chi connectivity index (χ0v) is 18.6. The number of benzene rings is 3. The molecule has 160 valence electrons. The summed E-state index contributed by atoms with van der Waals surface area (Å²) >= 11 is 5.28. The first-order valence-electron chi connectivity index (χ1n) is 10.3. The van der Waals surface area contributed by atoms with Crippen LogP contribution in [0.15, 0.2) is 84.4 Å². The standard InChI is InChI=1S/C26H22N2O3S/c1-17(2)19-10-8-18(9-11-19)16-23-24(29)27-26(32)28(25(23)30)20-12-14-22(15-13-20)31-21-6-4-3-5-7-21/h3-17H,1-2H3,(H,27,29,32)/b23-16+. The maximum atomic E-state index is 13.2. The molecule has 0 saturated carbocycles. The summed E-state index contributed by atoms with van der Waals surface area (Å²) in [6.45, 7) is 4.22. The average molecular weight is 443 g/mol. The highest BCUT2D eigenvalue weighted by Crippen LogP contribution is 2.27. The van der Waals surface area contributed by atoms with E-state index in [1.165, 1.54) is 10.5 Å². The van der Waals surface area contributed by atoms with E-state index in [9.17, 15) is 9.59 Å². The van der Waals surface area contributed by atoms with Crippen LogP contribution in [0.1, 0.15) is 30.9 Å². The van der Waals surface area contributed by atoms with Gasteiger partial charge in [0.05, 0.1) is 5.69 Å². The highest BCUT2D eigenvalue weighted by molar-refractivity contribution is 7.80. The van der Waals surface area contributed by atoms with E-state index in [1.807, 2.05) is 54.6 Å². The molecule has 2 amide bonds. The quantitative estimate of drug-likeness (QED) is 0.325. The number of carbonyl (C=O) groups excluding carboxylic acids is 2. The van der Waals surface area contributed by atoms with Gasteiger partial charge in [-0.3, -0.25) is 19.8 Å². The smallest absolute Gasteiger partial charge is 0.270 e. The van der Waals surface area contributed by atoms with Crippen LogP contribution >= 0.6 is 12.2 Å². The first kappa shape index (κ1) is 21.5. The van der Waals surface area contributed by atoms with E-state index in [-0.39, 0.29) is 10.7 Å². The molecule has 1 heterocycles. The minimum atomic E-state index is -0.506. The molecule has 0 aliphatic carbocycles. The molecule has 0 bridgehead atoms. The van der Waals surface area contributed by atoms with Gasteiger partial charge in [0.2, 0.25) is 0 Å². The predicted octanol–water partition coefficient (Wildman–Crippen LogP) is 5.43. The molecular formula is C26H22N2O3S. The Morgan fingerprint density at radius 1 is 0.875 bits per heavy atom. The van der Waals surface area contributed by atoms with Crippen molar-refractivity contribution in [2.75, 3.05) is 4.90 Å². The van der Waals surface area contributed by atoms with Crippen LogP contribution in [0.25, 0.3) is 6.08 Å². The molecule has 1 saturated heterocycles. The van der Waals surface area contributed by atoms with Crippen molar-refractivity contribution in [1.82, 2.24) is 5.32 Å². The van der Waals surface area contributed by atoms with E-state index in [2.05, 4.69) is 19.2 Å². The molecule has 1 N–H and O–H groups in total. The summed E-state index contributed by atoms with van der Waals surface area (Å²) in [7, 11) is 0. The topological polar surface area (TPSA) is 58.6 Å². The fourth-order valence-corrected chi connectivity index (χ4v) is 3.60. The van der Waals surface area contributed by atoms with Gasteiger partial charge in [-0.2, -0.15) is 0 Å². The zero-order chi connectivity index (χ0) is 22.7. The van der Waals surface area contributed by atoms with Crippen molar-refractivity contribution in [3.63, 3.8) is 0 Å². The number of ether oxygens (including phenoxy) is 1. The third-order valence-electron chi connectivity index (χ3n) is 5.09. The lowest BCUT2D eigenvalue weighted by Crippen LogP contribution is -2.54. The Morgan fingerprint density at radius 2 is 1.50 bits per heavy atom. The van der Waals surface area contributed by atoms with Gasteiger partial charge in [-0.1, -0.05) is 56.3 Å². The van der Waals surface area contributed by atoms with Gasteiger partial charge in [0.15, 0.2) is 5.11 Å². The second-order valence-corrected chi connectivity index (χ2v) is 8.07. The molecule has 0 aromatic heterocycles. The normalized spacial score (nSPS) is 15.3. The van der Waals surface area contributed by atoms with Gasteiger partial charge in [-0.25, -0.2) is 0 Å². The third-order valence-corrected chi connectivity index (χ3v) is 5.37. The first-order valence-corrected chi connectivity index (χ1v) is 10.7. The zero-order valence-electron chi connectivity index (χ0n) is 17.7. The van der Waals surface area contributed by atoms with Crippen molar-refractivity contribution in [2.24, 2.45) is 0 Å². The minimum absolute atomic E-state index is 0.0282. The Balaban J connectivity index is 1.58. The summed E-state index contributed by atoms with van der Waals surface area (Å²) in [5.74, 6) is 0.765. The lowest BCUT2D eigenvalue weighted by molar-refractivity contribution is -0.122. The number of thiocarbonyl (C=S) groups is 1. The second kappa shape index (κ2) is 9.16. The van der Waals surface area contributed by atoms with Gasteiger partial charge in [-0.15, -0.1) is 0 Å². The number of amides is 2. The second-order valence-electron chi connectivity index (χ2n) is 7.69. The van der Waals surface area contributed by atoms with Gasteiger partial charge >= 0.3 is 0 Å². The number of hydrogen-bond donors (Lipinski definition) is 1. The molecule has 1 aliphatic heterocycles. The Bertz CT molecular complexity index is 1180. The van der Waals surface area contributed by atoms with Crippen LogP contribution in [0.2, 0.25) is 0 Å². The lowest BCUT2D eigenvalue weighted by Gasteiger charge is -2.29. The molecule has 1 fully saturated rings. The average Bonchev–Trinajstić information content (AvgIpc) is 2.79. The van der Waals surface area contributed by atoms with Gasteiger partial charge < -0.3 is 4.74 Å². The molecule has 4 rings (SSSR count). The summed E-state index contributed by atoms with van der Waals surface area (Å²) in [5.41, 5.74) is 2.53. The molecule has 0 radical (unpaired) electrons. The highest BCUT2D eigenvalue weighted by Gasteiger charge is 2.34. The van der Waals surface area contributed by atoms with E-state index in [0.29, 0.717) is 23.1 Å². The monoisotopic (exact) mass is 442 g/mol. The Morgan fingerprint density at radius 3 is 2.12 bits per heavy atom. The SMILES string of the molecule is CC(C)c1ccc(/C=C2\C(=O)NC(=S)N(c3ccc(Oc4ccccc4)cc3)C2=O)cc1. The fraction of sp³-hybridized carbons (Fsp3) is 0.115. The maximum Gasteiger partial charge on any atom is 0.270 e. The van der Waals surface area contributed by atoms with Crippen molar-refractivity contribution in [3.8, 4) is 11.5 Å². The third kappa shape index (κ3) is 4.60. The van der Waals surface area contributed by atoms with Gasteiger partial charge in [0, 0.05) is 0 Å². The molecule has 0 atom stereocenters. The van der Waals surface area contributed by atoms with Crippen LogP contribution in [0.5, 0.6) is 11.5 Å². The number of anilines is 1. The summed E-state index contributed by atoms with van der Waals surface area (Å²) in [6.07, 6.45) is 1.59. The Hall–Kier alpha value is -3.77. The molecule has 3 aromatic rings. The lowest BCUT2D eigenvalue weighted by atomic mass is 10.0. The largest absolute Gasteiger partial charge is 0.457 e. The molecule has 3 aromatic carbocycles. The number of hydrogen-bond acceptors (Lipinski definition) is 4. The van der Waals surface area contributed by atoms with Crippen molar-refractivity contribution in [1.29, 1.82) is 0 Å². The number of nitrogens with one attached hydrogen (secondary N) is 1. The van der Waals surface area contributed by atoms with E-state index < -0.39 is 11.8 Å². The Kier molecular flexibility index (Phi) is 6.14. The maximum absolute atomic E-state index is 13.2. The Labute approximate surface area is 192 Å². The molecule has 5 nitrogen and oxygen atoms in total. The molecule has 32 heavy (non-hydrogen) atoms. The molecule has 0 unspecified atom stereocenters. The van der Waals surface area contributed by atoms with Crippen LogP contribution in [-0.4, -0.2) is 16.9 Å². The molecule has 0 spiro atoms. The number of para-hydroxylation sites is 1. The molecule has 1 aliphatic rings. The predicted molar refractivity (Wildman–Crippen MR) is 130 cm³/mol. The summed E-state index contributed by atoms with van der Waals surface area (Å²) in [5, 5.41) is 2.66. The van der Waals surface area contributed by atoms with E-state index >= 15 is 0 Å². The number of carbonyl (C=O) groups is 2. The van der Waals surface area contributed by atoms with Gasteiger partial charge in [-0.05, 0) is 71.7 Å². The van der Waals surface area contributed by atoms with Crippen LogP contribution in [0.4, 0.5) is 5.69 Å². The van der Waals surface area contributed by atoms with Gasteiger partial charge in [0.25, 0.3) is 11.8 Å². The van der Waals surface area contributed by atoms with Crippen LogP contribution in [0.3, 0.4) is 0 Å². The minimum Gasteiger partial charge on any atom is -0.457 e. The summed E-state index contributed by atoms with van der Waals surface area (Å²) < 4.78 is 5.80. The van der Waals surface area contributed by atoms with Crippen LogP contribution in [-0.2, 0) is 9.59 Å². The molecular weight excluding hydrogens is 420 g/mol. The van der Waals surface area contributed by atoms with Gasteiger partial charge in [0.1, 0.15) is 17.1 Å². The van der Waals surface area contributed by atoms with Crippen molar-refractivity contribution < 1.29 is 14.3 Å².